The fourth-order valence-corrected chi connectivity index (χ4v) is 6.11. The first-order valence-electron chi connectivity index (χ1n) is 13.6. The smallest absolute Gasteiger partial charge is 0.0242 e. The zero-order valence-corrected chi connectivity index (χ0v) is 22.4. The summed E-state index contributed by atoms with van der Waals surface area (Å²) in [6.45, 7) is 15.8. The van der Waals surface area contributed by atoms with Crippen molar-refractivity contribution in [2.75, 3.05) is 0 Å². The number of hydrogen-bond acceptors (Lipinski definition) is 0. The molecule has 0 spiro atoms. The van der Waals surface area contributed by atoms with E-state index in [1.54, 1.807) is 5.56 Å². The van der Waals surface area contributed by atoms with Crippen LogP contribution < -0.4 is 0 Å². The zero-order chi connectivity index (χ0) is 24.7. The van der Waals surface area contributed by atoms with E-state index in [1.807, 2.05) is 0 Å². The average Bonchev–Trinajstić information content (AvgIpc) is 2.82. The van der Waals surface area contributed by atoms with Crippen LogP contribution in [0.2, 0.25) is 0 Å². The van der Waals surface area contributed by atoms with Crippen molar-refractivity contribution in [1.82, 2.24) is 0 Å². The van der Waals surface area contributed by atoms with Crippen LogP contribution in [0.25, 0.3) is 0 Å². The van der Waals surface area contributed by atoms with Gasteiger partial charge in [0.1, 0.15) is 0 Å². The maximum atomic E-state index is 5.60. The van der Waals surface area contributed by atoms with Crippen molar-refractivity contribution in [2.24, 2.45) is 17.8 Å². The summed E-state index contributed by atoms with van der Waals surface area (Å²) < 4.78 is 0. The normalized spacial score (nSPS) is 20.0. The highest BCUT2D eigenvalue weighted by Crippen LogP contribution is 2.44. The predicted octanol–water partition coefficient (Wildman–Crippen LogP) is 9.67. The fraction of sp³-hybridized carbons (Fsp3) is 0.529. The van der Waals surface area contributed by atoms with Crippen LogP contribution >= 0.6 is 0 Å². The molecule has 0 aliphatic heterocycles. The van der Waals surface area contributed by atoms with Crippen LogP contribution in [-0.2, 0) is 6.42 Å². The van der Waals surface area contributed by atoms with E-state index < -0.39 is 0 Å². The molecular weight excluding hydrogens is 408 g/mol. The second-order valence-electron chi connectivity index (χ2n) is 11.5. The van der Waals surface area contributed by atoms with Gasteiger partial charge in [-0.1, -0.05) is 88.8 Å². The van der Waals surface area contributed by atoms with Crippen LogP contribution in [0.1, 0.15) is 119 Å². The van der Waals surface area contributed by atoms with Gasteiger partial charge in [-0.2, -0.15) is 0 Å². The van der Waals surface area contributed by atoms with Gasteiger partial charge in [-0.05, 0) is 103 Å². The SMILES string of the molecule is C#Cc1ccc(Cc2cc([C@H](C)CC(=C)C)ccc2C(CC(C)C)C2CCC(CC)CC2)cc1. The van der Waals surface area contributed by atoms with Gasteiger partial charge in [-0.25, -0.2) is 0 Å². The molecule has 3 rings (SSSR count). The number of allylic oxidation sites excluding steroid dienone is 1. The predicted molar refractivity (Wildman–Crippen MR) is 149 cm³/mol. The Hall–Kier alpha value is -2.26. The third-order valence-corrected chi connectivity index (χ3v) is 8.07. The summed E-state index contributed by atoms with van der Waals surface area (Å²) in [5.74, 6) is 6.37. The molecule has 0 amide bonds. The molecule has 34 heavy (non-hydrogen) atoms. The number of benzene rings is 2. The van der Waals surface area contributed by atoms with Crippen molar-refractivity contribution in [3.63, 3.8) is 0 Å². The molecule has 2 aromatic carbocycles. The Balaban J connectivity index is 1.99. The third kappa shape index (κ3) is 7.12. The van der Waals surface area contributed by atoms with Crippen molar-refractivity contribution >= 4 is 0 Å². The second-order valence-corrected chi connectivity index (χ2v) is 11.5. The molecule has 0 bridgehead atoms. The van der Waals surface area contributed by atoms with Gasteiger partial charge in [0, 0.05) is 5.56 Å². The Kier molecular flexibility index (Phi) is 9.64. The molecular formula is C34H46. The van der Waals surface area contributed by atoms with Crippen LogP contribution in [0.15, 0.2) is 54.6 Å². The Morgan fingerprint density at radius 3 is 2.26 bits per heavy atom. The van der Waals surface area contributed by atoms with Crippen LogP contribution in [0.5, 0.6) is 0 Å². The second kappa shape index (κ2) is 12.4. The summed E-state index contributed by atoms with van der Waals surface area (Å²) in [6, 6.07) is 16.0. The first-order valence-corrected chi connectivity index (χ1v) is 13.6. The fourth-order valence-electron chi connectivity index (χ4n) is 6.11. The molecule has 2 atom stereocenters. The van der Waals surface area contributed by atoms with Crippen molar-refractivity contribution < 1.29 is 0 Å². The minimum Gasteiger partial charge on any atom is -0.115 e. The first-order chi connectivity index (χ1) is 16.3. The molecule has 0 nitrogen and oxygen atoms in total. The molecule has 2 aromatic rings. The highest BCUT2D eigenvalue weighted by Gasteiger charge is 2.30. The topological polar surface area (TPSA) is 0 Å². The zero-order valence-electron chi connectivity index (χ0n) is 22.4. The third-order valence-electron chi connectivity index (χ3n) is 8.07. The summed E-state index contributed by atoms with van der Waals surface area (Å²) in [5, 5.41) is 0. The van der Waals surface area contributed by atoms with E-state index in [2.05, 4.69) is 89.6 Å². The highest BCUT2D eigenvalue weighted by molar-refractivity contribution is 5.42. The lowest BCUT2D eigenvalue weighted by Crippen LogP contribution is -2.23. The van der Waals surface area contributed by atoms with Gasteiger partial charge in [0.2, 0.25) is 0 Å². The van der Waals surface area contributed by atoms with Gasteiger partial charge in [0.25, 0.3) is 0 Å². The van der Waals surface area contributed by atoms with Crippen LogP contribution in [0.3, 0.4) is 0 Å². The standard InChI is InChI=1S/C34H46/c1-8-27-10-12-29(13-11-27)22-32-23-31(26(7)20-24(3)4)18-19-33(32)34(21-25(5)6)30-16-14-28(9-2)15-17-30/h1,10-13,18-19,23,25-26,28,30,34H,3,9,14-17,20-22H2,2,4-7H3/t26-,28?,30?,34?/m1/s1. The summed E-state index contributed by atoms with van der Waals surface area (Å²) in [6.07, 6.45) is 15.8. The van der Waals surface area contributed by atoms with Gasteiger partial charge >= 0.3 is 0 Å². The molecule has 182 valence electrons. The maximum absolute atomic E-state index is 5.60. The Morgan fingerprint density at radius 1 is 1.03 bits per heavy atom. The Morgan fingerprint density at radius 2 is 1.71 bits per heavy atom. The van der Waals surface area contributed by atoms with Gasteiger partial charge < -0.3 is 0 Å². The van der Waals surface area contributed by atoms with Gasteiger partial charge in [0.15, 0.2) is 0 Å². The van der Waals surface area contributed by atoms with Crippen LogP contribution in [0.4, 0.5) is 0 Å². The van der Waals surface area contributed by atoms with Crippen LogP contribution in [-0.4, -0.2) is 0 Å². The maximum Gasteiger partial charge on any atom is 0.0242 e. The van der Waals surface area contributed by atoms with E-state index in [4.69, 9.17) is 6.42 Å². The minimum atomic E-state index is 0.498. The quantitative estimate of drug-likeness (QED) is 0.247. The van der Waals surface area contributed by atoms with Crippen LogP contribution in [0, 0.1) is 30.1 Å². The highest BCUT2D eigenvalue weighted by atomic mass is 14.3. The van der Waals surface area contributed by atoms with Crippen molar-refractivity contribution in [1.29, 1.82) is 0 Å². The average molecular weight is 455 g/mol. The largest absolute Gasteiger partial charge is 0.115 e. The van der Waals surface area contributed by atoms with E-state index in [1.165, 1.54) is 60.8 Å². The molecule has 0 heteroatoms. The molecule has 1 aliphatic carbocycles. The number of rotatable bonds is 10. The van der Waals surface area contributed by atoms with E-state index in [0.717, 1.165) is 30.2 Å². The molecule has 0 heterocycles. The molecule has 0 saturated heterocycles. The molecule has 0 radical (unpaired) electrons. The van der Waals surface area contributed by atoms with E-state index in [9.17, 15) is 0 Å². The molecule has 1 aliphatic rings. The first kappa shape index (κ1) is 26.3. The summed E-state index contributed by atoms with van der Waals surface area (Å²) >= 11 is 0. The number of terminal acetylenes is 1. The lowest BCUT2D eigenvalue weighted by atomic mass is 9.69. The molecule has 0 N–H and O–H groups in total. The van der Waals surface area contributed by atoms with Gasteiger partial charge in [-0.15, -0.1) is 13.0 Å². The molecule has 1 fully saturated rings. The summed E-state index contributed by atoms with van der Waals surface area (Å²) in [5.41, 5.74) is 8.12. The minimum absolute atomic E-state index is 0.498. The van der Waals surface area contributed by atoms with Crippen molar-refractivity contribution in [3.8, 4) is 12.3 Å². The molecule has 1 saturated carbocycles. The summed E-state index contributed by atoms with van der Waals surface area (Å²) in [4.78, 5) is 0. The van der Waals surface area contributed by atoms with Gasteiger partial charge in [0.05, 0.1) is 0 Å². The lowest BCUT2D eigenvalue weighted by Gasteiger charge is -2.36. The molecule has 0 aromatic heterocycles. The van der Waals surface area contributed by atoms with E-state index >= 15 is 0 Å². The monoisotopic (exact) mass is 454 g/mol. The van der Waals surface area contributed by atoms with E-state index in [-0.39, 0.29) is 0 Å². The molecule has 1 unspecified atom stereocenters. The number of hydrogen-bond donors (Lipinski definition) is 0. The van der Waals surface area contributed by atoms with Crippen molar-refractivity contribution in [3.05, 3.63) is 82.4 Å². The summed E-state index contributed by atoms with van der Waals surface area (Å²) in [7, 11) is 0. The Bertz CT molecular complexity index is 960. The van der Waals surface area contributed by atoms with Gasteiger partial charge in [-0.3, -0.25) is 0 Å². The van der Waals surface area contributed by atoms with E-state index in [0.29, 0.717) is 17.8 Å². The lowest BCUT2D eigenvalue weighted by molar-refractivity contribution is 0.222. The van der Waals surface area contributed by atoms with Crippen molar-refractivity contribution in [2.45, 2.75) is 97.8 Å². The Labute approximate surface area is 210 Å².